The predicted octanol–water partition coefficient (Wildman–Crippen LogP) is 1.21. The zero-order chi connectivity index (χ0) is 12.8. The lowest BCUT2D eigenvalue weighted by Crippen LogP contribution is -2.40. The van der Waals surface area contributed by atoms with E-state index in [9.17, 15) is 4.79 Å². The average molecular weight is 247 g/mol. The molecule has 0 saturated carbocycles. The quantitative estimate of drug-likeness (QED) is 0.870. The zero-order valence-electron chi connectivity index (χ0n) is 10.7. The monoisotopic (exact) mass is 247 g/mol. The molecular formula is C14H21N3O. The predicted molar refractivity (Wildman–Crippen MR) is 70.9 cm³/mol. The van der Waals surface area contributed by atoms with Crippen LogP contribution in [0.5, 0.6) is 0 Å². The second-order valence-electron chi connectivity index (χ2n) is 4.92. The molecule has 4 heteroatoms. The van der Waals surface area contributed by atoms with E-state index in [0.29, 0.717) is 12.3 Å². The van der Waals surface area contributed by atoms with Crippen LogP contribution in [0.25, 0.3) is 0 Å². The van der Waals surface area contributed by atoms with Crippen molar-refractivity contribution < 1.29 is 4.79 Å². The van der Waals surface area contributed by atoms with E-state index in [1.807, 2.05) is 23.2 Å². The van der Waals surface area contributed by atoms with Crippen molar-refractivity contribution in [1.29, 1.82) is 0 Å². The van der Waals surface area contributed by atoms with Gasteiger partial charge in [0.05, 0.1) is 0 Å². The van der Waals surface area contributed by atoms with Crippen molar-refractivity contribution in [2.75, 3.05) is 19.6 Å². The summed E-state index contributed by atoms with van der Waals surface area (Å²) in [5.74, 6) is 0.863. The summed E-state index contributed by atoms with van der Waals surface area (Å²) in [4.78, 5) is 18.1. The molecule has 1 amide bonds. The van der Waals surface area contributed by atoms with Crippen LogP contribution in [0, 0.1) is 5.92 Å². The molecule has 1 aliphatic rings. The summed E-state index contributed by atoms with van der Waals surface area (Å²) < 4.78 is 0. The van der Waals surface area contributed by atoms with Gasteiger partial charge in [-0.15, -0.1) is 0 Å². The minimum absolute atomic E-state index is 0.259. The highest BCUT2D eigenvalue weighted by molar-refractivity contribution is 5.76. The molecule has 2 rings (SSSR count). The summed E-state index contributed by atoms with van der Waals surface area (Å²) in [6, 6.07) is 3.92. The SMILES string of the molecule is NCC1CCN(C(=O)CCc2cccnc2)CC1. The zero-order valence-corrected chi connectivity index (χ0v) is 10.7. The van der Waals surface area contributed by atoms with Gasteiger partial charge in [0.15, 0.2) is 0 Å². The first kappa shape index (κ1) is 13.0. The summed E-state index contributed by atoms with van der Waals surface area (Å²) in [6.07, 6.45) is 7.05. The molecule has 2 N–H and O–H groups in total. The minimum atomic E-state index is 0.259. The van der Waals surface area contributed by atoms with Crippen LogP contribution in [0.1, 0.15) is 24.8 Å². The fraction of sp³-hybridized carbons (Fsp3) is 0.571. The molecule has 1 aliphatic heterocycles. The van der Waals surface area contributed by atoms with Crippen molar-refractivity contribution in [3.05, 3.63) is 30.1 Å². The van der Waals surface area contributed by atoms with Crippen LogP contribution >= 0.6 is 0 Å². The Labute approximate surface area is 108 Å². The van der Waals surface area contributed by atoms with Gasteiger partial charge in [-0.2, -0.15) is 0 Å². The van der Waals surface area contributed by atoms with E-state index in [4.69, 9.17) is 5.73 Å². The molecule has 1 aromatic heterocycles. The fourth-order valence-electron chi connectivity index (χ4n) is 2.37. The molecule has 0 aromatic carbocycles. The van der Waals surface area contributed by atoms with Crippen molar-refractivity contribution in [3.8, 4) is 0 Å². The Hall–Kier alpha value is -1.42. The topological polar surface area (TPSA) is 59.2 Å². The standard InChI is InChI=1S/C14H21N3O/c15-10-12-5-8-17(9-6-12)14(18)4-3-13-2-1-7-16-11-13/h1-2,7,11-12H,3-6,8-10,15H2. The third kappa shape index (κ3) is 3.53. The molecular weight excluding hydrogens is 226 g/mol. The summed E-state index contributed by atoms with van der Waals surface area (Å²) in [7, 11) is 0. The van der Waals surface area contributed by atoms with Crippen molar-refractivity contribution in [2.45, 2.75) is 25.7 Å². The lowest BCUT2D eigenvalue weighted by Gasteiger charge is -2.31. The number of nitrogens with zero attached hydrogens (tertiary/aromatic N) is 2. The molecule has 0 bridgehead atoms. The van der Waals surface area contributed by atoms with E-state index in [2.05, 4.69) is 4.98 Å². The van der Waals surface area contributed by atoms with Crippen LogP contribution in [0.2, 0.25) is 0 Å². The van der Waals surface area contributed by atoms with Gasteiger partial charge in [0.2, 0.25) is 5.91 Å². The van der Waals surface area contributed by atoms with Gasteiger partial charge in [-0.25, -0.2) is 0 Å². The number of aromatic nitrogens is 1. The Morgan fingerprint density at radius 1 is 1.44 bits per heavy atom. The summed E-state index contributed by atoms with van der Waals surface area (Å²) in [5, 5.41) is 0. The van der Waals surface area contributed by atoms with Crippen LogP contribution < -0.4 is 5.73 Å². The second-order valence-corrected chi connectivity index (χ2v) is 4.92. The van der Waals surface area contributed by atoms with Gasteiger partial charge in [0.1, 0.15) is 0 Å². The molecule has 0 radical (unpaired) electrons. The van der Waals surface area contributed by atoms with E-state index in [-0.39, 0.29) is 5.91 Å². The van der Waals surface area contributed by atoms with Gasteiger partial charge in [-0.05, 0) is 43.4 Å². The first-order valence-corrected chi connectivity index (χ1v) is 6.66. The molecule has 0 unspecified atom stereocenters. The van der Waals surface area contributed by atoms with Gasteiger partial charge in [0.25, 0.3) is 0 Å². The summed E-state index contributed by atoms with van der Waals surface area (Å²) >= 11 is 0. The van der Waals surface area contributed by atoms with E-state index < -0.39 is 0 Å². The number of carbonyl (C=O) groups is 1. The van der Waals surface area contributed by atoms with Gasteiger partial charge in [-0.1, -0.05) is 6.07 Å². The lowest BCUT2D eigenvalue weighted by molar-refractivity contribution is -0.132. The van der Waals surface area contributed by atoms with E-state index in [1.54, 1.807) is 6.20 Å². The Morgan fingerprint density at radius 3 is 2.83 bits per heavy atom. The first-order chi connectivity index (χ1) is 8.79. The number of hydrogen-bond donors (Lipinski definition) is 1. The van der Waals surface area contributed by atoms with Crippen LogP contribution in [0.4, 0.5) is 0 Å². The average Bonchev–Trinajstić information content (AvgIpc) is 2.46. The number of rotatable bonds is 4. The largest absolute Gasteiger partial charge is 0.343 e. The third-order valence-electron chi connectivity index (χ3n) is 3.65. The number of amides is 1. The molecule has 98 valence electrons. The number of piperidine rings is 1. The molecule has 2 heterocycles. The third-order valence-corrected chi connectivity index (χ3v) is 3.65. The van der Waals surface area contributed by atoms with Crippen molar-refractivity contribution in [2.24, 2.45) is 11.7 Å². The van der Waals surface area contributed by atoms with Gasteiger partial charge >= 0.3 is 0 Å². The summed E-state index contributed by atoms with van der Waals surface area (Å²) in [6.45, 7) is 2.49. The van der Waals surface area contributed by atoms with Gasteiger partial charge < -0.3 is 10.6 Å². The van der Waals surface area contributed by atoms with Crippen molar-refractivity contribution >= 4 is 5.91 Å². The number of aryl methyl sites for hydroxylation is 1. The lowest BCUT2D eigenvalue weighted by atomic mass is 9.97. The van der Waals surface area contributed by atoms with Crippen molar-refractivity contribution in [1.82, 2.24) is 9.88 Å². The highest BCUT2D eigenvalue weighted by Gasteiger charge is 2.21. The number of nitrogens with two attached hydrogens (primary N) is 1. The first-order valence-electron chi connectivity index (χ1n) is 6.66. The Kier molecular flexibility index (Phi) is 4.70. The highest BCUT2D eigenvalue weighted by Crippen LogP contribution is 2.16. The second kappa shape index (κ2) is 6.50. The normalized spacial score (nSPS) is 16.8. The molecule has 0 atom stereocenters. The Morgan fingerprint density at radius 2 is 2.22 bits per heavy atom. The smallest absolute Gasteiger partial charge is 0.222 e. The number of hydrogen-bond acceptors (Lipinski definition) is 3. The van der Waals surface area contributed by atoms with Gasteiger partial charge in [-0.3, -0.25) is 9.78 Å². The van der Waals surface area contributed by atoms with E-state index in [1.165, 1.54) is 0 Å². The minimum Gasteiger partial charge on any atom is -0.343 e. The van der Waals surface area contributed by atoms with Crippen LogP contribution in [0.3, 0.4) is 0 Å². The molecule has 0 aliphatic carbocycles. The maximum absolute atomic E-state index is 12.0. The van der Waals surface area contributed by atoms with Crippen LogP contribution in [-0.2, 0) is 11.2 Å². The molecule has 1 fully saturated rings. The number of likely N-dealkylation sites (tertiary alicyclic amines) is 1. The van der Waals surface area contributed by atoms with Crippen LogP contribution in [-0.4, -0.2) is 35.4 Å². The number of pyridine rings is 1. The Balaban J connectivity index is 1.75. The summed E-state index contributed by atoms with van der Waals surface area (Å²) in [5.41, 5.74) is 6.78. The fourth-order valence-corrected chi connectivity index (χ4v) is 2.37. The van der Waals surface area contributed by atoms with Gasteiger partial charge in [0, 0.05) is 31.9 Å². The highest BCUT2D eigenvalue weighted by atomic mass is 16.2. The molecule has 0 spiro atoms. The molecule has 1 saturated heterocycles. The Bertz CT molecular complexity index is 372. The van der Waals surface area contributed by atoms with E-state index >= 15 is 0 Å². The van der Waals surface area contributed by atoms with Crippen LogP contribution in [0.15, 0.2) is 24.5 Å². The maximum Gasteiger partial charge on any atom is 0.222 e. The maximum atomic E-state index is 12.0. The van der Waals surface area contributed by atoms with Crippen molar-refractivity contribution in [3.63, 3.8) is 0 Å². The van der Waals surface area contributed by atoms with E-state index in [0.717, 1.165) is 44.5 Å². The molecule has 4 nitrogen and oxygen atoms in total. The molecule has 1 aromatic rings. The number of carbonyl (C=O) groups excluding carboxylic acids is 1. The molecule has 18 heavy (non-hydrogen) atoms.